The number of ether oxygens (including phenoxy) is 1. The smallest absolute Gasteiger partial charge is 0.247 e. The van der Waals surface area contributed by atoms with Gasteiger partial charge in [0.1, 0.15) is 11.8 Å². The molecule has 0 bridgehead atoms. The lowest BCUT2D eigenvalue weighted by Crippen LogP contribution is -2.41. The number of hydrogen-bond donors (Lipinski definition) is 1. The Hall–Kier alpha value is -2.24. The van der Waals surface area contributed by atoms with Crippen LogP contribution in [0.4, 0.5) is 11.4 Å². The minimum atomic E-state index is -0.574. The molecule has 5 nitrogen and oxygen atoms in total. The zero-order valence-electron chi connectivity index (χ0n) is 13.5. The number of carbonyl (C=O) groups excluding carboxylic acids is 2. The molecule has 2 aromatic rings. The van der Waals surface area contributed by atoms with Gasteiger partial charge in [-0.25, -0.2) is 0 Å². The summed E-state index contributed by atoms with van der Waals surface area (Å²) in [5, 5.41) is 3.78. The van der Waals surface area contributed by atoms with Crippen LogP contribution < -0.4 is 15.0 Å². The predicted octanol–water partition coefficient (Wildman–Crippen LogP) is 4.14. The molecule has 1 fully saturated rings. The molecule has 1 aliphatic heterocycles. The largest absolute Gasteiger partial charge is 0.495 e. The third kappa shape index (κ3) is 3.72. The van der Waals surface area contributed by atoms with Crippen LogP contribution in [0.3, 0.4) is 0 Å². The van der Waals surface area contributed by atoms with E-state index in [0.29, 0.717) is 40.0 Å². The standard InChI is InChI=1S/C18H16Cl2N2O3/c1-25-16-8-4-12(10-14(16)20)21-18(24)15-7-9-17(23)22(15)13-5-2-11(19)3-6-13/h2-6,8,10,15H,7,9H2,1H3,(H,21,24). The van der Waals surface area contributed by atoms with Gasteiger partial charge in [0.05, 0.1) is 12.1 Å². The molecule has 0 spiro atoms. The van der Waals surface area contributed by atoms with Crippen molar-refractivity contribution in [2.75, 3.05) is 17.3 Å². The number of benzene rings is 2. The summed E-state index contributed by atoms with van der Waals surface area (Å²) in [4.78, 5) is 26.4. The monoisotopic (exact) mass is 378 g/mol. The maximum atomic E-state index is 12.7. The number of halogens is 2. The molecule has 1 aliphatic rings. The molecular weight excluding hydrogens is 363 g/mol. The lowest BCUT2D eigenvalue weighted by molar-refractivity contribution is -0.120. The van der Waals surface area contributed by atoms with Crippen molar-refractivity contribution in [3.05, 3.63) is 52.5 Å². The first-order chi connectivity index (χ1) is 12.0. The average molecular weight is 379 g/mol. The summed E-state index contributed by atoms with van der Waals surface area (Å²) in [7, 11) is 1.52. The maximum absolute atomic E-state index is 12.7. The Morgan fingerprint density at radius 2 is 1.92 bits per heavy atom. The van der Waals surface area contributed by atoms with Gasteiger partial charge in [-0.3, -0.25) is 14.5 Å². The van der Waals surface area contributed by atoms with Crippen molar-refractivity contribution >= 4 is 46.4 Å². The second-order valence-electron chi connectivity index (χ2n) is 5.63. The highest BCUT2D eigenvalue weighted by atomic mass is 35.5. The zero-order valence-corrected chi connectivity index (χ0v) is 15.0. The van der Waals surface area contributed by atoms with Crippen molar-refractivity contribution in [1.29, 1.82) is 0 Å². The molecule has 0 aliphatic carbocycles. The van der Waals surface area contributed by atoms with Crippen LogP contribution in [-0.2, 0) is 9.59 Å². The van der Waals surface area contributed by atoms with Crippen molar-refractivity contribution in [2.45, 2.75) is 18.9 Å². The zero-order chi connectivity index (χ0) is 18.0. The Morgan fingerprint density at radius 3 is 2.56 bits per heavy atom. The number of rotatable bonds is 4. The molecular formula is C18H16Cl2N2O3. The summed E-state index contributed by atoms with van der Waals surface area (Å²) in [6.07, 6.45) is 0.779. The Morgan fingerprint density at radius 1 is 1.20 bits per heavy atom. The SMILES string of the molecule is COc1ccc(NC(=O)C2CCC(=O)N2c2ccc(Cl)cc2)cc1Cl. The third-order valence-electron chi connectivity index (χ3n) is 4.04. The van der Waals surface area contributed by atoms with E-state index in [1.54, 1.807) is 42.5 Å². The molecule has 0 radical (unpaired) electrons. The van der Waals surface area contributed by atoms with Crippen LogP contribution in [0.2, 0.25) is 10.0 Å². The van der Waals surface area contributed by atoms with Gasteiger partial charge in [-0.15, -0.1) is 0 Å². The Balaban J connectivity index is 1.79. The summed E-state index contributed by atoms with van der Waals surface area (Å²) in [5.41, 5.74) is 1.20. The van der Waals surface area contributed by atoms with Crippen LogP contribution in [0.1, 0.15) is 12.8 Å². The lowest BCUT2D eigenvalue weighted by atomic mass is 10.2. The number of nitrogens with one attached hydrogen (secondary N) is 1. The summed E-state index contributed by atoms with van der Waals surface area (Å²) in [6, 6.07) is 11.3. The molecule has 3 rings (SSSR count). The van der Waals surface area contributed by atoms with Crippen molar-refractivity contribution < 1.29 is 14.3 Å². The van der Waals surface area contributed by atoms with E-state index in [4.69, 9.17) is 27.9 Å². The predicted molar refractivity (Wildman–Crippen MR) is 98.6 cm³/mol. The molecule has 2 amide bonds. The van der Waals surface area contributed by atoms with E-state index in [-0.39, 0.29) is 11.8 Å². The van der Waals surface area contributed by atoms with E-state index in [9.17, 15) is 9.59 Å². The summed E-state index contributed by atoms with van der Waals surface area (Å²) < 4.78 is 5.10. The second-order valence-corrected chi connectivity index (χ2v) is 6.48. The van der Waals surface area contributed by atoms with Crippen LogP contribution in [-0.4, -0.2) is 25.0 Å². The topological polar surface area (TPSA) is 58.6 Å². The van der Waals surface area contributed by atoms with Crippen LogP contribution >= 0.6 is 23.2 Å². The van der Waals surface area contributed by atoms with Crippen LogP contribution in [0.5, 0.6) is 5.75 Å². The number of nitrogens with zero attached hydrogens (tertiary/aromatic N) is 1. The highest BCUT2D eigenvalue weighted by Gasteiger charge is 2.37. The molecule has 2 aromatic carbocycles. The molecule has 1 saturated heterocycles. The van der Waals surface area contributed by atoms with Gasteiger partial charge in [-0.05, 0) is 48.9 Å². The highest BCUT2D eigenvalue weighted by molar-refractivity contribution is 6.32. The molecule has 0 aromatic heterocycles. The van der Waals surface area contributed by atoms with Gasteiger partial charge in [-0.1, -0.05) is 23.2 Å². The molecule has 1 atom stereocenters. The van der Waals surface area contributed by atoms with Gasteiger partial charge in [0, 0.05) is 22.8 Å². The summed E-state index contributed by atoms with van der Waals surface area (Å²) in [6.45, 7) is 0. The second kappa shape index (κ2) is 7.33. The van der Waals surface area contributed by atoms with Gasteiger partial charge in [0.2, 0.25) is 11.8 Å². The fourth-order valence-electron chi connectivity index (χ4n) is 2.83. The normalized spacial score (nSPS) is 16.8. The third-order valence-corrected chi connectivity index (χ3v) is 4.59. The molecule has 1 heterocycles. The quantitative estimate of drug-likeness (QED) is 0.869. The van der Waals surface area contributed by atoms with E-state index in [0.717, 1.165) is 0 Å². The summed E-state index contributed by atoms with van der Waals surface area (Å²) >= 11 is 12.0. The van der Waals surface area contributed by atoms with Crippen LogP contribution in [0.25, 0.3) is 0 Å². The van der Waals surface area contributed by atoms with E-state index in [1.807, 2.05) is 0 Å². The average Bonchev–Trinajstić information content (AvgIpc) is 2.97. The maximum Gasteiger partial charge on any atom is 0.247 e. The molecule has 1 unspecified atom stereocenters. The van der Waals surface area contributed by atoms with Crippen LogP contribution in [0, 0.1) is 0 Å². The minimum Gasteiger partial charge on any atom is -0.495 e. The van der Waals surface area contributed by atoms with Crippen molar-refractivity contribution in [1.82, 2.24) is 0 Å². The van der Waals surface area contributed by atoms with E-state index in [1.165, 1.54) is 12.0 Å². The Labute approximate surface area is 155 Å². The molecule has 7 heteroatoms. The number of amides is 2. The number of methoxy groups -OCH3 is 1. The summed E-state index contributed by atoms with van der Waals surface area (Å²) in [5.74, 6) is 0.177. The number of anilines is 2. The van der Waals surface area contributed by atoms with Crippen molar-refractivity contribution in [2.24, 2.45) is 0 Å². The Kier molecular flexibility index (Phi) is 5.16. The van der Waals surface area contributed by atoms with Crippen molar-refractivity contribution in [3.63, 3.8) is 0 Å². The first-order valence-electron chi connectivity index (χ1n) is 7.71. The molecule has 130 valence electrons. The van der Waals surface area contributed by atoms with Crippen LogP contribution in [0.15, 0.2) is 42.5 Å². The highest BCUT2D eigenvalue weighted by Crippen LogP contribution is 2.30. The van der Waals surface area contributed by atoms with E-state index in [2.05, 4.69) is 5.32 Å². The van der Waals surface area contributed by atoms with Gasteiger partial charge in [0.15, 0.2) is 0 Å². The fraction of sp³-hybridized carbons (Fsp3) is 0.222. The van der Waals surface area contributed by atoms with Gasteiger partial charge >= 0.3 is 0 Å². The first-order valence-corrected chi connectivity index (χ1v) is 8.47. The molecule has 25 heavy (non-hydrogen) atoms. The molecule has 1 N–H and O–H groups in total. The van der Waals surface area contributed by atoms with E-state index >= 15 is 0 Å². The first kappa shape index (κ1) is 17.6. The lowest BCUT2D eigenvalue weighted by Gasteiger charge is -2.24. The van der Waals surface area contributed by atoms with Gasteiger partial charge < -0.3 is 10.1 Å². The molecule has 0 saturated carbocycles. The number of carbonyl (C=O) groups is 2. The van der Waals surface area contributed by atoms with Crippen molar-refractivity contribution in [3.8, 4) is 5.75 Å². The number of hydrogen-bond acceptors (Lipinski definition) is 3. The fourth-order valence-corrected chi connectivity index (χ4v) is 3.21. The van der Waals surface area contributed by atoms with Gasteiger partial charge in [0.25, 0.3) is 0 Å². The Bertz CT molecular complexity index is 808. The minimum absolute atomic E-state index is 0.0877. The van der Waals surface area contributed by atoms with Gasteiger partial charge in [-0.2, -0.15) is 0 Å². The van der Waals surface area contributed by atoms with E-state index < -0.39 is 6.04 Å².